The number of nitrogens with zero attached hydrogens (tertiary/aromatic N) is 3. The number of nitrogens with two attached hydrogens (primary N) is 1. The van der Waals surface area contributed by atoms with Crippen LogP contribution in [0.1, 0.15) is 17.7 Å². The Kier molecular flexibility index (Phi) is 2.68. The second-order valence-electron chi connectivity index (χ2n) is 4.24. The fourth-order valence-corrected chi connectivity index (χ4v) is 2.58. The Morgan fingerprint density at radius 3 is 2.94 bits per heavy atom. The van der Waals surface area contributed by atoms with Crippen molar-refractivity contribution in [3.8, 4) is 0 Å². The molecule has 4 nitrogen and oxygen atoms in total. The molecule has 0 atom stereocenters. The van der Waals surface area contributed by atoms with Gasteiger partial charge in [-0.2, -0.15) is 0 Å². The Labute approximate surface area is 104 Å². The van der Waals surface area contributed by atoms with Crippen LogP contribution >= 0.6 is 11.3 Å². The minimum Gasteiger partial charge on any atom is -0.384 e. The topological polar surface area (TPSA) is 55.0 Å². The third kappa shape index (κ3) is 2.39. The number of anilines is 2. The Morgan fingerprint density at radius 1 is 1.41 bits per heavy atom. The van der Waals surface area contributed by atoms with Gasteiger partial charge in [-0.25, -0.2) is 9.97 Å². The predicted molar refractivity (Wildman–Crippen MR) is 70.0 cm³/mol. The fraction of sp³-hybridized carbons (Fsp3) is 0.333. The molecular weight excluding hydrogens is 232 g/mol. The largest absolute Gasteiger partial charge is 0.384 e. The summed E-state index contributed by atoms with van der Waals surface area (Å²) in [6.45, 7) is 0.915. The Bertz CT molecular complexity index is 493. The first kappa shape index (κ1) is 10.5. The third-order valence-corrected chi connectivity index (χ3v) is 3.72. The summed E-state index contributed by atoms with van der Waals surface area (Å²) in [6.07, 6.45) is 4.03. The van der Waals surface area contributed by atoms with Crippen LogP contribution in [-0.2, 0) is 6.54 Å². The molecule has 0 bridgehead atoms. The first-order chi connectivity index (χ1) is 8.33. The number of aromatic nitrogens is 2. The van der Waals surface area contributed by atoms with Crippen molar-refractivity contribution in [2.75, 3.05) is 10.6 Å². The van der Waals surface area contributed by atoms with Crippen molar-refractivity contribution in [1.29, 1.82) is 0 Å². The highest BCUT2D eigenvalue weighted by Crippen LogP contribution is 2.32. The molecule has 1 saturated carbocycles. The number of hydrogen-bond donors (Lipinski definition) is 1. The molecule has 17 heavy (non-hydrogen) atoms. The second-order valence-corrected chi connectivity index (χ2v) is 5.27. The van der Waals surface area contributed by atoms with Gasteiger partial charge in [0.15, 0.2) is 0 Å². The molecule has 88 valence electrons. The smallest absolute Gasteiger partial charge is 0.134 e. The first-order valence-electron chi connectivity index (χ1n) is 5.69. The summed E-state index contributed by atoms with van der Waals surface area (Å²) in [7, 11) is 0. The van der Waals surface area contributed by atoms with Crippen LogP contribution in [0, 0.1) is 0 Å². The Hall–Kier alpha value is -1.62. The molecule has 0 radical (unpaired) electrons. The van der Waals surface area contributed by atoms with Crippen LogP contribution in [0.25, 0.3) is 0 Å². The molecule has 0 unspecified atom stereocenters. The maximum atomic E-state index is 5.72. The van der Waals surface area contributed by atoms with Crippen molar-refractivity contribution < 1.29 is 0 Å². The predicted octanol–water partition coefficient (Wildman–Crippen LogP) is 2.29. The van der Waals surface area contributed by atoms with E-state index in [9.17, 15) is 0 Å². The molecule has 5 heteroatoms. The molecule has 0 aliphatic heterocycles. The Morgan fingerprint density at radius 2 is 2.29 bits per heavy atom. The van der Waals surface area contributed by atoms with Gasteiger partial charge >= 0.3 is 0 Å². The van der Waals surface area contributed by atoms with Gasteiger partial charge in [0.2, 0.25) is 0 Å². The Balaban J connectivity index is 1.85. The van der Waals surface area contributed by atoms with E-state index in [1.807, 2.05) is 6.07 Å². The molecule has 2 aromatic rings. The van der Waals surface area contributed by atoms with E-state index in [1.165, 1.54) is 24.0 Å². The number of rotatable bonds is 4. The zero-order chi connectivity index (χ0) is 11.7. The van der Waals surface area contributed by atoms with Crippen molar-refractivity contribution in [3.63, 3.8) is 0 Å². The molecule has 2 N–H and O–H groups in total. The summed E-state index contributed by atoms with van der Waals surface area (Å²) in [4.78, 5) is 11.9. The average Bonchev–Trinajstić information content (AvgIpc) is 3.03. The molecule has 1 aliphatic carbocycles. The summed E-state index contributed by atoms with van der Waals surface area (Å²) in [5, 5.41) is 2.11. The molecule has 0 amide bonds. The van der Waals surface area contributed by atoms with Gasteiger partial charge in [0, 0.05) is 17.0 Å². The molecule has 2 heterocycles. The van der Waals surface area contributed by atoms with Gasteiger partial charge in [0.05, 0.1) is 6.54 Å². The van der Waals surface area contributed by atoms with Crippen molar-refractivity contribution in [2.24, 2.45) is 0 Å². The van der Waals surface area contributed by atoms with Crippen molar-refractivity contribution >= 4 is 23.0 Å². The van der Waals surface area contributed by atoms with E-state index < -0.39 is 0 Å². The van der Waals surface area contributed by atoms with Gasteiger partial charge in [-0.05, 0) is 24.3 Å². The van der Waals surface area contributed by atoms with Crippen LogP contribution in [0.3, 0.4) is 0 Å². The van der Waals surface area contributed by atoms with Gasteiger partial charge in [-0.1, -0.05) is 6.07 Å². The second kappa shape index (κ2) is 4.33. The van der Waals surface area contributed by atoms with Crippen molar-refractivity contribution in [1.82, 2.24) is 9.97 Å². The van der Waals surface area contributed by atoms with E-state index in [-0.39, 0.29) is 0 Å². The summed E-state index contributed by atoms with van der Waals surface area (Å²) in [5.74, 6) is 1.47. The van der Waals surface area contributed by atoms with Crippen LogP contribution in [0.2, 0.25) is 0 Å². The van der Waals surface area contributed by atoms with Crippen LogP contribution in [0.5, 0.6) is 0 Å². The van der Waals surface area contributed by atoms with Crippen LogP contribution in [0.4, 0.5) is 11.6 Å². The SMILES string of the molecule is Nc1cc(N(Cc2cccs2)C2CC2)ncn1. The summed E-state index contributed by atoms with van der Waals surface area (Å²) < 4.78 is 0. The number of hydrogen-bond acceptors (Lipinski definition) is 5. The van der Waals surface area contributed by atoms with E-state index in [0.717, 1.165) is 12.4 Å². The summed E-state index contributed by atoms with van der Waals surface area (Å²) in [6, 6.07) is 6.71. The van der Waals surface area contributed by atoms with Gasteiger partial charge in [-0.15, -0.1) is 11.3 Å². The molecule has 1 fully saturated rings. The van der Waals surface area contributed by atoms with E-state index >= 15 is 0 Å². The molecular formula is C12H14N4S. The standard InChI is InChI=1S/C12H14N4S/c13-11-6-12(15-8-14-11)16(9-3-4-9)7-10-2-1-5-17-10/h1-2,5-6,8-9H,3-4,7H2,(H2,13,14,15). The number of nitrogen functional groups attached to an aromatic ring is 1. The highest BCUT2D eigenvalue weighted by atomic mass is 32.1. The maximum absolute atomic E-state index is 5.72. The molecule has 0 saturated heterocycles. The molecule has 2 aromatic heterocycles. The van der Waals surface area contributed by atoms with Gasteiger partial charge in [-0.3, -0.25) is 0 Å². The van der Waals surface area contributed by atoms with Crippen LogP contribution < -0.4 is 10.6 Å². The van der Waals surface area contributed by atoms with Crippen molar-refractivity contribution in [2.45, 2.75) is 25.4 Å². The third-order valence-electron chi connectivity index (χ3n) is 2.86. The van der Waals surface area contributed by atoms with Gasteiger partial charge in [0.25, 0.3) is 0 Å². The molecule has 3 rings (SSSR count). The highest BCUT2D eigenvalue weighted by Gasteiger charge is 2.30. The minimum absolute atomic E-state index is 0.534. The van der Waals surface area contributed by atoms with E-state index in [4.69, 9.17) is 5.73 Å². The zero-order valence-corrected chi connectivity index (χ0v) is 10.2. The lowest BCUT2D eigenvalue weighted by atomic mass is 10.3. The lowest BCUT2D eigenvalue weighted by molar-refractivity contribution is 0.784. The average molecular weight is 246 g/mol. The zero-order valence-electron chi connectivity index (χ0n) is 9.41. The highest BCUT2D eigenvalue weighted by molar-refractivity contribution is 7.09. The van der Waals surface area contributed by atoms with E-state index in [1.54, 1.807) is 11.3 Å². The van der Waals surface area contributed by atoms with Gasteiger partial charge in [0.1, 0.15) is 18.0 Å². The summed E-state index contributed by atoms with van der Waals surface area (Å²) >= 11 is 1.78. The lowest BCUT2D eigenvalue weighted by Gasteiger charge is -2.22. The normalized spacial score (nSPS) is 14.8. The monoisotopic (exact) mass is 246 g/mol. The molecule has 0 aromatic carbocycles. The van der Waals surface area contributed by atoms with E-state index in [0.29, 0.717) is 11.9 Å². The lowest BCUT2D eigenvalue weighted by Crippen LogP contribution is -2.25. The van der Waals surface area contributed by atoms with Crippen molar-refractivity contribution in [3.05, 3.63) is 34.8 Å². The van der Waals surface area contributed by atoms with Crippen LogP contribution in [-0.4, -0.2) is 16.0 Å². The fourth-order valence-electron chi connectivity index (χ4n) is 1.87. The molecule has 0 spiro atoms. The number of thiophene rings is 1. The van der Waals surface area contributed by atoms with Crippen LogP contribution in [0.15, 0.2) is 29.9 Å². The minimum atomic E-state index is 0.534. The molecule has 1 aliphatic rings. The van der Waals surface area contributed by atoms with E-state index in [2.05, 4.69) is 32.4 Å². The quantitative estimate of drug-likeness (QED) is 0.899. The summed E-state index contributed by atoms with van der Waals surface area (Å²) in [5.41, 5.74) is 5.72. The first-order valence-corrected chi connectivity index (χ1v) is 6.57. The maximum Gasteiger partial charge on any atom is 0.134 e. The van der Waals surface area contributed by atoms with Gasteiger partial charge < -0.3 is 10.6 Å².